The van der Waals surface area contributed by atoms with Crippen LogP contribution in [-0.2, 0) is 0 Å². The van der Waals surface area contributed by atoms with Crippen molar-refractivity contribution in [1.29, 1.82) is 0 Å². The van der Waals surface area contributed by atoms with Crippen LogP contribution in [0.2, 0.25) is 5.02 Å². The average Bonchev–Trinajstić information content (AvgIpc) is 2.24. The second-order valence-corrected chi connectivity index (χ2v) is 5.64. The van der Waals surface area contributed by atoms with Gasteiger partial charge in [-0.15, -0.1) is 0 Å². The lowest BCUT2D eigenvalue weighted by Gasteiger charge is -2.26. The van der Waals surface area contributed by atoms with Crippen LogP contribution < -0.4 is 10.5 Å². The summed E-state index contributed by atoms with van der Waals surface area (Å²) in [5.41, 5.74) is 6.68. The van der Waals surface area contributed by atoms with E-state index in [4.69, 9.17) is 22.1 Å². The highest BCUT2D eigenvalue weighted by Crippen LogP contribution is 2.34. The molecule has 2 unspecified atom stereocenters. The summed E-state index contributed by atoms with van der Waals surface area (Å²) in [5.74, 6) is 0.253. The van der Waals surface area contributed by atoms with Gasteiger partial charge in [-0.3, -0.25) is 0 Å². The van der Waals surface area contributed by atoms with Gasteiger partial charge in [0.2, 0.25) is 6.10 Å². The quantitative estimate of drug-likeness (QED) is 0.893. The van der Waals surface area contributed by atoms with Crippen LogP contribution in [0.1, 0.15) is 37.8 Å². The maximum atomic E-state index is 12.9. The van der Waals surface area contributed by atoms with Crippen LogP contribution in [-0.4, -0.2) is 18.3 Å². The monoisotopic (exact) mass is 309 g/mol. The molecule has 0 bridgehead atoms. The van der Waals surface area contributed by atoms with Crippen LogP contribution in [0.5, 0.6) is 5.75 Å². The topological polar surface area (TPSA) is 35.2 Å². The zero-order valence-electron chi connectivity index (χ0n) is 11.9. The van der Waals surface area contributed by atoms with E-state index >= 15 is 0 Å². The Hall–Kier alpha value is -0.940. The van der Waals surface area contributed by atoms with Crippen molar-refractivity contribution in [2.45, 2.75) is 51.9 Å². The van der Waals surface area contributed by atoms with Gasteiger partial charge in [0, 0.05) is 11.1 Å². The molecular weight excluding hydrogens is 291 g/mol. The maximum absolute atomic E-state index is 12.9. The summed E-state index contributed by atoms with van der Waals surface area (Å²) < 4.78 is 43.8. The zero-order chi connectivity index (χ0) is 15.7. The number of aryl methyl sites for hydroxylation is 1. The van der Waals surface area contributed by atoms with Gasteiger partial charge in [0.05, 0.1) is 0 Å². The normalized spacial score (nSPS) is 15.3. The molecule has 0 aromatic heterocycles. The van der Waals surface area contributed by atoms with Crippen LogP contribution in [0.15, 0.2) is 12.1 Å². The van der Waals surface area contributed by atoms with E-state index in [-0.39, 0.29) is 11.7 Å². The molecule has 0 saturated carbocycles. The van der Waals surface area contributed by atoms with E-state index in [0.717, 1.165) is 5.56 Å². The second-order valence-electron chi connectivity index (χ2n) is 5.23. The number of halogens is 4. The van der Waals surface area contributed by atoms with Gasteiger partial charge in [0.15, 0.2) is 0 Å². The minimum Gasteiger partial charge on any atom is -0.479 e. The van der Waals surface area contributed by atoms with Crippen LogP contribution in [0.25, 0.3) is 0 Å². The van der Waals surface area contributed by atoms with Crippen molar-refractivity contribution < 1.29 is 17.9 Å². The molecule has 6 heteroatoms. The third-order valence-electron chi connectivity index (χ3n) is 2.97. The standard InChI is InChI=1S/C14H19ClF3NO/c1-7(2)10-6-12(8(3)5-11(10)15)20-13(9(4)19)14(16,17)18/h5-7,9,13H,19H2,1-4H3. The van der Waals surface area contributed by atoms with Crippen LogP contribution in [0.3, 0.4) is 0 Å². The molecule has 114 valence electrons. The van der Waals surface area contributed by atoms with Crippen LogP contribution >= 0.6 is 11.6 Å². The smallest absolute Gasteiger partial charge is 0.426 e. The van der Waals surface area contributed by atoms with E-state index in [2.05, 4.69) is 0 Å². The van der Waals surface area contributed by atoms with Crippen molar-refractivity contribution in [3.63, 3.8) is 0 Å². The fourth-order valence-corrected chi connectivity index (χ4v) is 2.28. The van der Waals surface area contributed by atoms with Crippen molar-refractivity contribution in [3.8, 4) is 5.75 Å². The van der Waals surface area contributed by atoms with E-state index in [1.165, 1.54) is 6.92 Å². The Kier molecular flexibility index (Phi) is 5.33. The summed E-state index contributed by atoms with van der Waals surface area (Å²) in [6.45, 7) is 6.74. The molecule has 0 heterocycles. The Morgan fingerprint density at radius 1 is 1.20 bits per heavy atom. The molecule has 0 spiro atoms. The molecule has 20 heavy (non-hydrogen) atoms. The van der Waals surface area contributed by atoms with Gasteiger partial charge in [0.25, 0.3) is 0 Å². The second kappa shape index (κ2) is 6.22. The van der Waals surface area contributed by atoms with E-state index < -0.39 is 18.3 Å². The van der Waals surface area contributed by atoms with Gasteiger partial charge in [-0.05, 0) is 43.0 Å². The Morgan fingerprint density at radius 2 is 1.75 bits per heavy atom. The van der Waals surface area contributed by atoms with Gasteiger partial charge in [-0.2, -0.15) is 13.2 Å². The summed E-state index contributed by atoms with van der Waals surface area (Å²) >= 11 is 6.08. The van der Waals surface area contributed by atoms with Crippen molar-refractivity contribution in [3.05, 3.63) is 28.3 Å². The fraction of sp³-hybridized carbons (Fsp3) is 0.571. The Bertz CT molecular complexity index is 472. The van der Waals surface area contributed by atoms with Crippen LogP contribution in [0, 0.1) is 6.92 Å². The number of ether oxygens (including phenoxy) is 1. The lowest BCUT2D eigenvalue weighted by Crippen LogP contribution is -2.47. The molecule has 0 fully saturated rings. The molecule has 1 aromatic carbocycles. The fourth-order valence-electron chi connectivity index (χ4n) is 1.85. The molecule has 0 saturated heterocycles. The number of benzene rings is 1. The maximum Gasteiger partial charge on any atom is 0.426 e. The van der Waals surface area contributed by atoms with Gasteiger partial charge in [-0.1, -0.05) is 25.4 Å². The Morgan fingerprint density at radius 3 is 2.15 bits per heavy atom. The number of alkyl halides is 3. The number of rotatable bonds is 4. The molecule has 1 aromatic rings. The molecule has 0 aliphatic carbocycles. The Labute approximate surface area is 122 Å². The zero-order valence-corrected chi connectivity index (χ0v) is 12.6. The van der Waals surface area contributed by atoms with E-state index in [1.807, 2.05) is 13.8 Å². The largest absolute Gasteiger partial charge is 0.479 e. The van der Waals surface area contributed by atoms with E-state index in [1.54, 1.807) is 19.1 Å². The summed E-state index contributed by atoms with van der Waals surface area (Å²) in [6, 6.07) is 2.01. The average molecular weight is 310 g/mol. The molecule has 2 nitrogen and oxygen atoms in total. The molecule has 0 aliphatic heterocycles. The first-order valence-electron chi connectivity index (χ1n) is 6.33. The summed E-state index contributed by atoms with van der Waals surface area (Å²) in [6.07, 6.45) is -6.56. The lowest BCUT2D eigenvalue weighted by molar-refractivity contribution is -0.199. The van der Waals surface area contributed by atoms with E-state index in [9.17, 15) is 13.2 Å². The van der Waals surface area contributed by atoms with Crippen LogP contribution in [0.4, 0.5) is 13.2 Å². The molecule has 0 radical (unpaired) electrons. The first kappa shape index (κ1) is 17.1. The SMILES string of the molecule is Cc1cc(Cl)c(C(C)C)cc1OC(C(C)N)C(F)(F)F. The third kappa shape index (κ3) is 4.03. The lowest BCUT2D eigenvalue weighted by atomic mass is 10.0. The van der Waals surface area contributed by atoms with Gasteiger partial charge in [-0.25, -0.2) is 0 Å². The summed E-state index contributed by atoms with van der Waals surface area (Å²) in [7, 11) is 0. The summed E-state index contributed by atoms with van der Waals surface area (Å²) in [5, 5.41) is 0.522. The third-order valence-corrected chi connectivity index (χ3v) is 3.30. The minimum atomic E-state index is -4.52. The van der Waals surface area contributed by atoms with Crippen molar-refractivity contribution in [2.75, 3.05) is 0 Å². The molecule has 0 aliphatic rings. The number of hydrogen-bond donors (Lipinski definition) is 1. The molecule has 1 rings (SSSR count). The molecular formula is C14H19ClF3NO. The number of hydrogen-bond acceptors (Lipinski definition) is 2. The van der Waals surface area contributed by atoms with Gasteiger partial charge < -0.3 is 10.5 Å². The van der Waals surface area contributed by atoms with Gasteiger partial charge >= 0.3 is 6.18 Å². The highest BCUT2D eigenvalue weighted by atomic mass is 35.5. The molecule has 2 atom stereocenters. The highest BCUT2D eigenvalue weighted by molar-refractivity contribution is 6.31. The molecule has 0 amide bonds. The first-order chi connectivity index (χ1) is 9.04. The predicted octanol–water partition coefficient (Wildman–Crippen LogP) is 4.43. The van der Waals surface area contributed by atoms with E-state index in [0.29, 0.717) is 10.6 Å². The minimum absolute atomic E-state index is 0.0880. The summed E-state index contributed by atoms with van der Waals surface area (Å²) in [4.78, 5) is 0. The highest BCUT2D eigenvalue weighted by Gasteiger charge is 2.44. The van der Waals surface area contributed by atoms with Crippen molar-refractivity contribution >= 4 is 11.6 Å². The molecule has 2 N–H and O–H groups in total. The Balaban J connectivity index is 3.16. The van der Waals surface area contributed by atoms with Gasteiger partial charge in [0.1, 0.15) is 5.75 Å². The number of nitrogens with two attached hydrogens (primary N) is 1. The predicted molar refractivity (Wildman–Crippen MR) is 74.4 cm³/mol. The van der Waals surface area contributed by atoms with Crippen molar-refractivity contribution in [1.82, 2.24) is 0 Å². The van der Waals surface area contributed by atoms with Crippen molar-refractivity contribution in [2.24, 2.45) is 5.73 Å². The first-order valence-corrected chi connectivity index (χ1v) is 6.70.